The number of halogens is 2. The van der Waals surface area contributed by atoms with E-state index in [9.17, 15) is 0 Å². The lowest BCUT2D eigenvalue weighted by molar-refractivity contribution is 1.14. The van der Waals surface area contributed by atoms with E-state index in [0.29, 0.717) is 0 Å². The molecule has 0 saturated heterocycles. The molecule has 1 atom stereocenters. The highest BCUT2D eigenvalue weighted by Gasteiger charge is 2.17. The Morgan fingerprint density at radius 3 is 2.29 bits per heavy atom. The summed E-state index contributed by atoms with van der Waals surface area (Å²) in [5, 5.41) is 2.85. The van der Waals surface area contributed by atoms with E-state index in [0.717, 1.165) is 16.1 Å². The highest BCUT2D eigenvalue weighted by molar-refractivity contribution is 6.33. The van der Waals surface area contributed by atoms with Crippen LogP contribution in [0.5, 0.6) is 0 Å². The zero-order valence-electron chi connectivity index (χ0n) is 12.0. The van der Waals surface area contributed by atoms with Crippen LogP contribution in [0.15, 0.2) is 54.6 Å². The van der Waals surface area contributed by atoms with Crippen LogP contribution >= 0.6 is 23.2 Å². The van der Waals surface area contributed by atoms with E-state index in [1.54, 1.807) is 0 Å². The Kier molecular flexibility index (Phi) is 3.93. The lowest BCUT2D eigenvalue weighted by atomic mass is 9.96. The van der Waals surface area contributed by atoms with E-state index in [-0.39, 0.29) is 5.38 Å². The molecule has 0 aromatic heterocycles. The van der Waals surface area contributed by atoms with Crippen molar-refractivity contribution < 1.29 is 0 Å². The molecular formula is C19H16Cl2. The summed E-state index contributed by atoms with van der Waals surface area (Å²) in [5.41, 5.74) is 4.46. The maximum atomic E-state index is 6.76. The van der Waals surface area contributed by atoms with Crippen molar-refractivity contribution in [3.63, 3.8) is 0 Å². The fourth-order valence-electron chi connectivity index (χ4n) is 2.64. The van der Waals surface area contributed by atoms with Crippen molar-refractivity contribution >= 4 is 34.0 Å². The van der Waals surface area contributed by atoms with E-state index in [2.05, 4.69) is 44.2 Å². The van der Waals surface area contributed by atoms with Crippen molar-refractivity contribution in [1.82, 2.24) is 0 Å². The fraction of sp³-hybridized carbons (Fsp3) is 0.158. The zero-order valence-corrected chi connectivity index (χ0v) is 13.5. The zero-order chi connectivity index (χ0) is 15.0. The van der Waals surface area contributed by atoms with Gasteiger partial charge in [-0.2, -0.15) is 0 Å². The predicted molar refractivity (Wildman–Crippen MR) is 92.6 cm³/mol. The van der Waals surface area contributed by atoms with Crippen LogP contribution in [-0.4, -0.2) is 0 Å². The summed E-state index contributed by atoms with van der Waals surface area (Å²) < 4.78 is 0. The third-order valence-electron chi connectivity index (χ3n) is 3.98. The highest BCUT2D eigenvalue weighted by atomic mass is 35.5. The third-order valence-corrected chi connectivity index (χ3v) is 4.78. The molecule has 3 rings (SSSR count). The van der Waals surface area contributed by atoms with E-state index >= 15 is 0 Å². The van der Waals surface area contributed by atoms with Gasteiger partial charge in [-0.15, -0.1) is 11.6 Å². The minimum Gasteiger partial charge on any atom is -0.113 e. The smallest absolute Gasteiger partial charge is 0.0855 e. The normalized spacial score (nSPS) is 12.6. The van der Waals surface area contributed by atoms with Gasteiger partial charge in [0, 0.05) is 5.02 Å². The second kappa shape index (κ2) is 5.71. The molecule has 21 heavy (non-hydrogen) atoms. The minimum atomic E-state index is -0.247. The van der Waals surface area contributed by atoms with Crippen molar-refractivity contribution in [3.05, 3.63) is 81.9 Å². The third kappa shape index (κ3) is 2.66. The Morgan fingerprint density at radius 2 is 1.48 bits per heavy atom. The molecule has 2 heteroatoms. The largest absolute Gasteiger partial charge is 0.113 e. The molecule has 0 spiro atoms. The van der Waals surface area contributed by atoms with Crippen LogP contribution in [0.3, 0.4) is 0 Å². The molecule has 106 valence electrons. The number of rotatable bonds is 2. The molecule has 0 radical (unpaired) electrons. The molecule has 0 heterocycles. The van der Waals surface area contributed by atoms with E-state index in [1.807, 2.05) is 24.3 Å². The topological polar surface area (TPSA) is 0 Å². The molecular weight excluding hydrogens is 299 g/mol. The van der Waals surface area contributed by atoms with Gasteiger partial charge in [0.25, 0.3) is 0 Å². The highest BCUT2D eigenvalue weighted by Crippen LogP contribution is 2.38. The summed E-state index contributed by atoms with van der Waals surface area (Å²) >= 11 is 13.2. The summed E-state index contributed by atoms with van der Waals surface area (Å²) in [5.74, 6) is 0. The first-order valence-electron chi connectivity index (χ1n) is 6.96. The molecule has 0 aliphatic heterocycles. The Bertz CT molecular complexity index is 801. The second-order valence-corrected chi connectivity index (χ2v) is 6.23. The number of benzene rings is 3. The van der Waals surface area contributed by atoms with Gasteiger partial charge in [-0.3, -0.25) is 0 Å². The van der Waals surface area contributed by atoms with Crippen LogP contribution in [0.2, 0.25) is 5.02 Å². The van der Waals surface area contributed by atoms with Crippen molar-refractivity contribution in [2.24, 2.45) is 0 Å². The van der Waals surface area contributed by atoms with Gasteiger partial charge < -0.3 is 0 Å². The number of fused-ring (bicyclic) bond motifs is 1. The summed E-state index contributed by atoms with van der Waals surface area (Å²) in [6.07, 6.45) is 0. The van der Waals surface area contributed by atoms with Crippen LogP contribution in [0.25, 0.3) is 10.8 Å². The molecule has 1 unspecified atom stereocenters. The molecule has 3 aromatic carbocycles. The monoisotopic (exact) mass is 314 g/mol. The second-order valence-electron chi connectivity index (χ2n) is 5.39. The van der Waals surface area contributed by atoms with Crippen molar-refractivity contribution in [1.29, 1.82) is 0 Å². The summed E-state index contributed by atoms with van der Waals surface area (Å²) in [4.78, 5) is 0. The standard InChI is InChI=1S/C19H16Cl2/c1-12-10-17(18(20)11-13(12)2)19(21)16-9-5-7-14-6-3-4-8-15(14)16/h3-11,19H,1-2H3. The molecule has 0 saturated carbocycles. The lowest BCUT2D eigenvalue weighted by Gasteiger charge is -2.16. The van der Waals surface area contributed by atoms with Gasteiger partial charge >= 0.3 is 0 Å². The van der Waals surface area contributed by atoms with Gasteiger partial charge in [-0.25, -0.2) is 0 Å². The molecule has 0 amide bonds. The van der Waals surface area contributed by atoms with Crippen LogP contribution in [-0.2, 0) is 0 Å². The average Bonchev–Trinajstić information content (AvgIpc) is 2.49. The fourth-order valence-corrected chi connectivity index (χ4v) is 3.39. The number of hydrogen-bond acceptors (Lipinski definition) is 0. The van der Waals surface area contributed by atoms with E-state index < -0.39 is 0 Å². The quantitative estimate of drug-likeness (QED) is 0.477. The van der Waals surface area contributed by atoms with Crippen molar-refractivity contribution in [3.8, 4) is 0 Å². The first kappa shape index (κ1) is 14.4. The van der Waals surface area contributed by atoms with Crippen LogP contribution < -0.4 is 0 Å². The number of aryl methyl sites for hydroxylation is 2. The van der Waals surface area contributed by atoms with Gasteiger partial charge in [0.2, 0.25) is 0 Å². The molecule has 0 nitrogen and oxygen atoms in total. The summed E-state index contributed by atoms with van der Waals surface area (Å²) in [6, 6.07) is 18.6. The van der Waals surface area contributed by atoms with Crippen LogP contribution in [0, 0.1) is 13.8 Å². The minimum absolute atomic E-state index is 0.247. The Labute approximate surface area is 135 Å². The Balaban J connectivity index is 2.17. The summed E-state index contributed by atoms with van der Waals surface area (Å²) in [7, 11) is 0. The van der Waals surface area contributed by atoms with Crippen molar-refractivity contribution in [2.75, 3.05) is 0 Å². The van der Waals surface area contributed by atoms with Gasteiger partial charge in [-0.05, 0) is 52.9 Å². The summed E-state index contributed by atoms with van der Waals surface area (Å²) in [6.45, 7) is 4.15. The molecule has 0 aliphatic rings. The van der Waals surface area contributed by atoms with Crippen LogP contribution in [0.4, 0.5) is 0 Å². The maximum Gasteiger partial charge on any atom is 0.0855 e. The number of alkyl halides is 1. The van der Waals surface area contributed by atoms with E-state index in [1.165, 1.54) is 21.9 Å². The van der Waals surface area contributed by atoms with E-state index in [4.69, 9.17) is 23.2 Å². The molecule has 0 aliphatic carbocycles. The average molecular weight is 315 g/mol. The molecule has 3 aromatic rings. The maximum absolute atomic E-state index is 6.76. The van der Waals surface area contributed by atoms with Gasteiger partial charge in [0.15, 0.2) is 0 Å². The van der Waals surface area contributed by atoms with Crippen LogP contribution in [0.1, 0.15) is 27.6 Å². The molecule has 0 bridgehead atoms. The SMILES string of the molecule is Cc1cc(Cl)c(C(Cl)c2cccc3ccccc23)cc1C. The Morgan fingerprint density at radius 1 is 0.810 bits per heavy atom. The van der Waals surface area contributed by atoms with Crippen molar-refractivity contribution in [2.45, 2.75) is 19.2 Å². The van der Waals surface area contributed by atoms with Gasteiger partial charge in [0.1, 0.15) is 0 Å². The number of hydrogen-bond donors (Lipinski definition) is 0. The first-order valence-corrected chi connectivity index (χ1v) is 7.78. The van der Waals surface area contributed by atoms with Gasteiger partial charge in [0.05, 0.1) is 5.38 Å². The first-order chi connectivity index (χ1) is 10.1. The van der Waals surface area contributed by atoms with Gasteiger partial charge in [-0.1, -0.05) is 60.1 Å². The molecule has 0 fully saturated rings. The predicted octanol–water partition coefficient (Wildman–Crippen LogP) is 6.44. The molecule has 0 N–H and O–H groups in total. The lowest BCUT2D eigenvalue weighted by Crippen LogP contribution is -1.97. The Hall–Kier alpha value is -1.50.